The first-order valence-corrected chi connectivity index (χ1v) is 15.9. The fourth-order valence-electron chi connectivity index (χ4n) is 5.44. The van der Waals surface area contributed by atoms with Gasteiger partial charge in [-0.25, -0.2) is 0 Å². The molecule has 5 rings (SSSR count). The number of nitrogens with zero attached hydrogens (tertiary/aromatic N) is 2. The van der Waals surface area contributed by atoms with Crippen molar-refractivity contribution in [3.05, 3.63) is 203 Å². The number of amides is 2. The number of carbonyl (C=O) groups excluding carboxylic acids is 2. The number of hydrogen-bond acceptors (Lipinski definition) is 2. The number of benzene rings is 5. The van der Waals surface area contributed by atoms with Gasteiger partial charge >= 0.3 is 0 Å². The van der Waals surface area contributed by atoms with Crippen LogP contribution in [0.25, 0.3) is 24.3 Å². The van der Waals surface area contributed by atoms with Crippen LogP contribution in [0.1, 0.15) is 65.2 Å². The molecule has 5 aromatic rings. The molecule has 0 saturated carbocycles. The SMILES string of the molecule is C=Cc1ccc(CN(Cc2ccc(C=C)cc2)C(=O)c2ccc(C(=O)N(Cc3ccc(C=C)cc3)Cc3ccc(C=C)cc3)cc2)cc1. The minimum atomic E-state index is -0.115. The van der Waals surface area contributed by atoms with Crippen molar-refractivity contribution in [3.8, 4) is 0 Å². The Hall–Kier alpha value is -6.00. The zero-order valence-electron chi connectivity index (χ0n) is 27.2. The molecule has 0 bridgehead atoms. The molecule has 0 fully saturated rings. The first kappa shape index (κ1) is 33.4. The van der Waals surface area contributed by atoms with E-state index in [1.165, 1.54) is 0 Å². The molecule has 0 aliphatic heterocycles. The van der Waals surface area contributed by atoms with Crippen LogP contribution in [0.3, 0.4) is 0 Å². The lowest BCUT2D eigenvalue weighted by Gasteiger charge is -2.25. The molecule has 0 N–H and O–H groups in total. The van der Waals surface area contributed by atoms with Crippen molar-refractivity contribution in [2.45, 2.75) is 26.2 Å². The van der Waals surface area contributed by atoms with E-state index in [2.05, 4.69) is 26.3 Å². The Morgan fingerprint density at radius 1 is 0.375 bits per heavy atom. The van der Waals surface area contributed by atoms with E-state index in [-0.39, 0.29) is 11.8 Å². The molecule has 0 saturated heterocycles. The zero-order chi connectivity index (χ0) is 33.9. The first-order valence-electron chi connectivity index (χ1n) is 15.9. The highest BCUT2D eigenvalue weighted by Crippen LogP contribution is 2.20. The summed E-state index contributed by atoms with van der Waals surface area (Å²) in [6, 6.07) is 39.1. The van der Waals surface area contributed by atoms with E-state index in [4.69, 9.17) is 0 Å². The molecule has 4 heteroatoms. The van der Waals surface area contributed by atoms with Gasteiger partial charge in [0.25, 0.3) is 11.8 Å². The maximum absolute atomic E-state index is 14.0. The van der Waals surface area contributed by atoms with Gasteiger partial charge in [0, 0.05) is 37.3 Å². The normalized spacial score (nSPS) is 10.5. The van der Waals surface area contributed by atoms with Gasteiger partial charge in [-0.3, -0.25) is 9.59 Å². The van der Waals surface area contributed by atoms with E-state index in [1.54, 1.807) is 48.6 Å². The zero-order valence-corrected chi connectivity index (χ0v) is 27.2. The van der Waals surface area contributed by atoms with Crippen molar-refractivity contribution < 1.29 is 9.59 Å². The Morgan fingerprint density at radius 2 is 0.583 bits per heavy atom. The molecule has 48 heavy (non-hydrogen) atoms. The van der Waals surface area contributed by atoms with Crippen LogP contribution in [0.5, 0.6) is 0 Å². The Kier molecular flexibility index (Phi) is 11.1. The van der Waals surface area contributed by atoms with Crippen LogP contribution in [0.15, 0.2) is 148 Å². The number of hydrogen-bond donors (Lipinski definition) is 0. The molecule has 0 unspecified atom stereocenters. The Labute approximate surface area is 284 Å². The summed E-state index contributed by atoms with van der Waals surface area (Å²) in [5.41, 5.74) is 9.18. The molecule has 4 nitrogen and oxygen atoms in total. The first-order chi connectivity index (χ1) is 23.4. The van der Waals surface area contributed by atoms with Gasteiger partial charge in [-0.15, -0.1) is 0 Å². The summed E-state index contributed by atoms with van der Waals surface area (Å²) in [5, 5.41) is 0. The van der Waals surface area contributed by atoms with Crippen LogP contribution < -0.4 is 0 Å². The highest BCUT2D eigenvalue weighted by Gasteiger charge is 2.20. The molecule has 0 aliphatic rings. The molecule has 0 atom stereocenters. The average molecular weight is 629 g/mol. The van der Waals surface area contributed by atoms with E-state index < -0.39 is 0 Å². The summed E-state index contributed by atoms with van der Waals surface area (Å²) < 4.78 is 0. The monoisotopic (exact) mass is 628 g/mol. The smallest absolute Gasteiger partial charge is 0.254 e. The Bertz CT molecular complexity index is 1640. The predicted molar refractivity (Wildman–Crippen MR) is 200 cm³/mol. The lowest BCUT2D eigenvalue weighted by Crippen LogP contribution is -2.31. The summed E-state index contributed by atoms with van der Waals surface area (Å²) in [5.74, 6) is -0.230. The van der Waals surface area contributed by atoms with E-state index in [9.17, 15) is 9.59 Å². The summed E-state index contributed by atoms with van der Waals surface area (Å²) in [7, 11) is 0. The molecule has 0 radical (unpaired) electrons. The van der Waals surface area contributed by atoms with Crippen LogP contribution in [-0.4, -0.2) is 21.6 Å². The van der Waals surface area contributed by atoms with Gasteiger partial charge in [-0.2, -0.15) is 0 Å². The fraction of sp³-hybridized carbons (Fsp3) is 0.0909. The maximum Gasteiger partial charge on any atom is 0.254 e. The van der Waals surface area contributed by atoms with E-state index >= 15 is 0 Å². The Balaban J connectivity index is 1.38. The molecule has 0 aromatic heterocycles. The van der Waals surface area contributed by atoms with Crippen LogP contribution in [0.2, 0.25) is 0 Å². The molecule has 2 amide bonds. The largest absolute Gasteiger partial charge is 0.330 e. The third-order valence-electron chi connectivity index (χ3n) is 8.31. The van der Waals surface area contributed by atoms with Crippen molar-refractivity contribution in [1.29, 1.82) is 0 Å². The van der Waals surface area contributed by atoms with Gasteiger partial charge in [0.15, 0.2) is 0 Å². The van der Waals surface area contributed by atoms with Crippen LogP contribution >= 0.6 is 0 Å². The molecule has 0 spiro atoms. The van der Waals surface area contributed by atoms with Gasteiger partial charge in [-0.1, -0.05) is 148 Å². The lowest BCUT2D eigenvalue weighted by atomic mass is 10.1. The third kappa shape index (κ3) is 8.62. The minimum absolute atomic E-state index is 0.115. The molecular formula is C44H40N2O2. The van der Waals surface area contributed by atoms with E-state index in [1.807, 2.05) is 107 Å². The van der Waals surface area contributed by atoms with Gasteiger partial charge in [0.05, 0.1) is 0 Å². The quantitative estimate of drug-likeness (QED) is 0.123. The summed E-state index contributed by atoms with van der Waals surface area (Å²) >= 11 is 0. The van der Waals surface area contributed by atoms with Crippen LogP contribution in [-0.2, 0) is 26.2 Å². The summed E-state index contributed by atoms with van der Waals surface area (Å²) in [6.45, 7) is 17.1. The molecule has 0 heterocycles. The summed E-state index contributed by atoms with van der Waals surface area (Å²) in [4.78, 5) is 31.6. The minimum Gasteiger partial charge on any atom is -0.330 e. The Morgan fingerprint density at radius 3 is 0.771 bits per heavy atom. The second kappa shape index (κ2) is 16.0. The second-order valence-electron chi connectivity index (χ2n) is 11.7. The lowest BCUT2D eigenvalue weighted by molar-refractivity contribution is 0.0718. The molecule has 238 valence electrons. The van der Waals surface area contributed by atoms with Gasteiger partial charge in [-0.05, 0) is 68.8 Å². The number of carbonyl (C=O) groups is 2. The molecule has 5 aromatic carbocycles. The van der Waals surface area contributed by atoms with Crippen LogP contribution in [0, 0.1) is 0 Å². The standard InChI is InChI=1S/C44H40N2O2/c1-5-33-9-17-37(18-10-33)29-45(30-38-19-11-34(6-2)12-20-38)43(47)41-25-27-42(28-26-41)44(48)46(31-39-21-13-35(7-3)14-22-39)32-40-23-15-36(8-4)16-24-40/h5-28H,1-4,29-32H2. The third-order valence-corrected chi connectivity index (χ3v) is 8.31. The maximum atomic E-state index is 14.0. The van der Waals surface area contributed by atoms with E-state index in [0.29, 0.717) is 37.3 Å². The van der Waals surface area contributed by atoms with Crippen molar-refractivity contribution in [1.82, 2.24) is 9.80 Å². The molecule has 0 aliphatic carbocycles. The predicted octanol–water partition coefficient (Wildman–Crippen LogP) is 9.94. The molecular weight excluding hydrogens is 588 g/mol. The van der Waals surface area contributed by atoms with Crippen LogP contribution in [0.4, 0.5) is 0 Å². The van der Waals surface area contributed by atoms with Gasteiger partial charge in [0.2, 0.25) is 0 Å². The number of rotatable bonds is 14. The van der Waals surface area contributed by atoms with Crippen molar-refractivity contribution >= 4 is 36.1 Å². The van der Waals surface area contributed by atoms with Crippen molar-refractivity contribution in [3.63, 3.8) is 0 Å². The second-order valence-corrected chi connectivity index (χ2v) is 11.7. The highest BCUT2D eigenvalue weighted by molar-refractivity contribution is 5.98. The highest BCUT2D eigenvalue weighted by atomic mass is 16.2. The average Bonchev–Trinajstić information content (AvgIpc) is 3.15. The van der Waals surface area contributed by atoms with Gasteiger partial charge in [0.1, 0.15) is 0 Å². The fourth-order valence-corrected chi connectivity index (χ4v) is 5.44. The van der Waals surface area contributed by atoms with E-state index in [0.717, 1.165) is 44.5 Å². The van der Waals surface area contributed by atoms with Gasteiger partial charge < -0.3 is 9.80 Å². The summed E-state index contributed by atoms with van der Waals surface area (Å²) in [6.07, 6.45) is 7.20. The van der Waals surface area contributed by atoms with Crippen molar-refractivity contribution in [2.24, 2.45) is 0 Å². The topological polar surface area (TPSA) is 40.6 Å². The van der Waals surface area contributed by atoms with Crippen molar-refractivity contribution in [2.75, 3.05) is 0 Å².